The summed E-state index contributed by atoms with van der Waals surface area (Å²) in [6.07, 6.45) is -4.52. The largest absolute Gasteiger partial charge is 0.482 e. The first-order chi connectivity index (χ1) is 8.90. The van der Waals surface area contributed by atoms with Crippen LogP contribution in [0.25, 0.3) is 0 Å². The number of alkyl halides is 4. The van der Waals surface area contributed by atoms with Crippen LogP contribution < -0.4 is 4.74 Å². The molecule has 0 aliphatic heterocycles. The van der Waals surface area contributed by atoms with Gasteiger partial charge in [-0.3, -0.25) is 0 Å². The summed E-state index contributed by atoms with van der Waals surface area (Å²) in [6, 6.07) is 3.43. The first-order valence-electron chi connectivity index (χ1n) is 5.43. The standard InChI is InChI=1S/C12H12ClF3O3/c1-2-18-11(17)7-19-10-5-3-4-9(8(10)6-13)12(14,15)16/h3-5H,2,6-7H2,1H3. The third-order valence-corrected chi connectivity index (χ3v) is 2.49. The second-order valence-corrected chi connectivity index (χ2v) is 3.77. The highest BCUT2D eigenvalue weighted by molar-refractivity contribution is 6.17. The predicted molar refractivity (Wildman–Crippen MR) is 63.1 cm³/mol. The van der Waals surface area contributed by atoms with Gasteiger partial charge in [-0.15, -0.1) is 11.6 Å². The molecule has 0 N–H and O–H groups in total. The summed E-state index contributed by atoms with van der Waals surface area (Å²) in [6.45, 7) is 1.33. The zero-order valence-corrected chi connectivity index (χ0v) is 10.8. The van der Waals surface area contributed by atoms with Gasteiger partial charge in [-0.2, -0.15) is 13.2 Å². The minimum Gasteiger partial charge on any atom is -0.482 e. The molecule has 3 nitrogen and oxygen atoms in total. The van der Waals surface area contributed by atoms with Crippen molar-refractivity contribution in [3.63, 3.8) is 0 Å². The van der Waals surface area contributed by atoms with Crippen molar-refractivity contribution in [3.05, 3.63) is 29.3 Å². The zero-order chi connectivity index (χ0) is 14.5. The average Bonchev–Trinajstić information content (AvgIpc) is 2.35. The number of benzene rings is 1. The van der Waals surface area contributed by atoms with E-state index in [-0.39, 0.29) is 23.8 Å². The van der Waals surface area contributed by atoms with Crippen LogP contribution in [0, 0.1) is 0 Å². The molecule has 0 aromatic heterocycles. The number of carbonyl (C=O) groups excluding carboxylic acids is 1. The topological polar surface area (TPSA) is 35.5 Å². The van der Waals surface area contributed by atoms with E-state index in [1.54, 1.807) is 6.92 Å². The lowest BCUT2D eigenvalue weighted by Crippen LogP contribution is -2.16. The van der Waals surface area contributed by atoms with Gasteiger partial charge in [0.2, 0.25) is 0 Å². The van der Waals surface area contributed by atoms with Crippen molar-refractivity contribution in [3.8, 4) is 5.75 Å². The molecular weight excluding hydrogens is 285 g/mol. The number of rotatable bonds is 5. The van der Waals surface area contributed by atoms with Gasteiger partial charge in [-0.1, -0.05) is 6.07 Å². The molecular formula is C12H12ClF3O3. The lowest BCUT2D eigenvalue weighted by Gasteiger charge is -2.15. The lowest BCUT2D eigenvalue weighted by molar-refractivity contribution is -0.145. The van der Waals surface area contributed by atoms with Crippen LogP contribution in [0.5, 0.6) is 5.75 Å². The van der Waals surface area contributed by atoms with Gasteiger partial charge < -0.3 is 9.47 Å². The molecule has 19 heavy (non-hydrogen) atoms. The molecule has 0 heterocycles. The van der Waals surface area contributed by atoms with Crippen molar-refractivity contribution in [2.75, 3.05) is 13.2 Å². The third-order valence-electron chi connectivity index (χ3n) is 2.22. The summed E-state index contributed by atoms with van der Waals surface area (Å²) in [7, 11) is 0. The van der Waals surface area contributed by atoms with E-state index in [9.17, 15) is 18.0 Å². The number of hydrogen-bond donors (Lipinski definition) is 0. The van der Waals surface area contributed by atoms with Crippen LogP contribution in [-0.2, 0) is 21.6 Å². The molecule has 0 aliphatic carbocycles. The minimum atomic E-state index is -4.52. The van der Waals surface area contributed by atoms with Gasteiger partial charge in [-0.25, -0.2) is 4.79 Å². The molecule has 7 heteroatoms. The van der Waals surface area contributed by atoms with Crippen LogP contribution in [0.1, 0.15) is 18.1 Å². The summed E-state index contributed by atoms with van der Waals surface area (Å²) in [5.41, 5.74) is -1.06. The van der Waals surface area contributed by atoms with Crippen LogP contribution in [0.3, 0.4) is 0 Å². The summed E-state index contributed by atoms with van der Waals surface area (Å²) >= 11 is 5.52. The quantitative estimate of drug-likeness (QED) is 0.617. The summed E-state index contributed by atoms with van der Waals surface area (Å²) in [5.74, 6) is -1.09. The molecule has 1 rings (SSSR count). The lowest BCUT2D eigenvalue weighted by atomic mass is 10.1. The summed E-state index contributed by atoms with van der Waals surface area (Å²) in [5, 5.41) is 0. The van der Waals surface area contributed by atoms with Crippen molar-refractivity contribution in [1.29, 1.82) is 0 Å². The maximum Gasteiger partial charge on any atom is 0.416 e. The Bertz CT molecular complexity index is 446. The average molecular weight is 297 g/mol. The number of carbonyl (C=O) groups is 1. The van der Waals surface area contributed by atoms with Crippen molar-refractivity contribution < 1.29 is 27.4 Å². The molecule has 0 fully saturated rings. The third kappa shape index (κ3) is 4.31. The molecule has 0 saturated heterocycles. The zero-order valence-electron chi connectivity index (χ0n) is 10.1. The Labute approximate surface area is 113 Å². The van der Waals surface area contributed by atoms with Gasteiger partial charge in [-0.05, 0) is 19.1 Å². The van der Waals surface area contributed by atoms with Gasteiger partial charge in [0.1, 0.15) is 5.75 Å². The predicted octanol–water partition coefficient (Wildman–Crippen LogP) is 3.39. The van der Waals surface area contributed by atoms with Gasteiger partial charge in [0.05, 0.1) is 18.1 Å². The molecule has 1 aromatic carbocycles. The Hall–Kier alpha value is -1.43. The van der Waals surface area contributed by atoms with E-state index in [1.807, 2.05) is 0 Å². The fourth-order valence-electron chi connectivity index (χ4n) is 1.44. The Balaban J connectivity index is 2.93. The summed E-state index contributed by atoms with van der Waals surface area (Å²) in [4.78, 5) is 11.1. The highest BCUT2D eigenvalue weighted by Crippen LogP contribution is 2.36. The molecule has 0 bridgehead atoms. The van der Waals surface area contributed by atoms with Gasteiger partial charge in [0.25, 0.3) is 0 Å². The van der Waals surface area contributed by atoms with E-state index in [1.165, 1.54) is 12.1 Å². The molecule has 0 spiro atoms. The number of hydrogen-bond acceptors (Lipinski definition) is 3. The van der Waals surface area contributed by atoms with Gasteiger partial charge in [0.15, 0.2) is 6.61 Å². The number of halogens is 4. The molecule has 0 aliphatic rings. The van der Waals surface area contributed by atoms with E-state index < -0.39 is 24.3 Å². The molecule has 106 valence electrons. The highest BCUT2D eigenvalue weighted by atomic mass is 35.5. The normalized spacial score (nSPS) is 11.2. The van der Waals surface area contributed by atoms with E-state index >= 15 is 0 Å². The van der Waals surface area contributed by atoms with Crippen LogP contribution in [0.4, 0.5) is 13.2 Å². The first kappa shape index (κ1) is 15.6. The second kappa shape index (κ2) is 6.65. The molecule has 0 saturated carbocycles. The van der Waals surface area contributed by atoms with Crippen LogP contribution in [0.2, 0.25) is 0 Å². The molecule has 0 unspecified atom stereocenters. The van der Waals surface area contributed by atoms with Crippen molar-refractivity contribution >= 4 is 17.6 Å². The number of ether oxygens (including phenoxy) is 2. The Morgan fingerprint density at radius 1 is 1.37 bits per heavy atom. The van der Waals surface area contributed by atoms with Crippen molar-refractivity contribution in [2.45, 2.75) is 19.0 Å². The van der Waals surface area contributed by atoms with E-state index in [0.29, 0.717) is 0 Å². The fraction of sp³-hybridized carbons (Fsp3) is 0.417. The highest BCUT2D eigenvalue weighted by Gasteiger charge is 2.34. The van der Waals surface area contributed by atoms with Crippen molar-refractivity contribution in [1.82, 2.24) is 0 Å². The van der Waals surface area contributed by atoms with E-state index in [4.69, 9.17) is 16.3 Å². The monoisotopic (exact) mass is 296 g/mol. The fourth-order valence-corrected chi connectivity index (χ4v) is 1.72. The molecule has 0 atom stereocenters. The molecule has 0 radical (unpaired) electrons. The molecule has 0 amide bonds. The van der Waals surface area contributed by atoms with Crippen LogP contribution >= 0.6 is 11.6 Å². The molecule has 1 aromatic rings. The maximum atomic E-state index is 12.7. The Morgan fingerprint density at radius 3 is 2.58 bits per heavy atom. The van der Waals surface area contributed by atoms with Gasteiger partial charge in [0, 0.05) is 5.56 Å². The Kier molecular flexibility index (Phi) is 5.47. The minimum absolute atomic E-state index is 0.0714. The summed E-state index contributed by atoms with van der Waals surface area (Å²) < 4.78 is 47.8. The Morgan fingerprint density at radius 2 is 2.05 bits per heavy atom. The second-order valence-electron chi connectivity index (χ2n) is 3.51. The SMILES string of the molecule is CCOC(=O)COc1cccc(C(F)(F)F)c1CCl. The van der Waals surface area contributed by atoms with E-state index in [2.05, 4.69) is 4.74 Å². The van der Waals surface area contributed by atoms with Gasteiger partial charge >= 0.3 is 12.1 Å². The number of esters is 1. The first-order valence-corrected chi connectivity index (χ1v) is 5.97. The smallest absolute Gasteiger partial charge is 0.416 e. The van der Waals surface area contributed by atoms with Crippen LogP contribution in [-0.4, -0.2) is 19.2 Å². The maximum absolute atomic E-state index is 12.7. The van der Waals surface area contributed by atoms with E-state index in [0.717, 1.165) is 6.07 Å². The van der Waals surface area contributed by atoms with Crippen LogP contribution in [0.15, 0.2) is 18.2 Å². The van der Waals surface area contributed by atoms with Crippen molar-refractivity contribution in [2.24, 2.45) is 0 Å².